The molecule has 0 aromatic heterocycles. The Morgan fingerprint density at radius 2 is 1.86 bits per heavy atom. The Morgan fingerprint density at radius 3 is 2.52 bits per heavy atom. The fraction of sp³-hybridized carbons (Fsp3) is 0.647. The van der Waals surface area contributed by atoms with Gasteiger partial charge in [-0.25, -0.2) is 0 Å². The molecule has 1 rings (SSSR count). The van der Waals surface area contributed by atoms with Crippen molar-refractivity contribution in [1.29, 1.82) is 0 Å². The Bertz CT molecular complexity index is 396. The molecule has 1 unspecified atom stereocenters. The van der Waals surface area contributed by atoms with Gasteiger partial charge in [0.2, 0.25) is 0 Å². The first kappa shape index (κ1) is 17.8. The summed E-state index contributed by atoms with van der Waals surface area (Å²) in [5, 5.41) is 3.39. The fourth-order valence-corrected chi connectivity index (χ4v) is 2.27. The second kappa shape index (κ2) is 10.5. The standard InChI is InChI=1S/C17H29NO3/c1-14(9-10-18-11-12-19-2)5-6-15-13-16(20-3)7-8-17(15)21-4/h7-8,13-14,18H,5-6,9-12H2,1-4H3. The van der Waals surface area contributed by atoms with Crippen molar-refractivity contribution < 1.29 is 14.2 Å². The van der Waals surface area contributed by atoms with E-state index in [0.717, 1.165) is 44.0 Å². The summed E-state index contributed by atoms with van der Waals surface area (Å²) in [6.07, 6.45) is 3.34. The number of benzene rings is 1. The first-order valence-electron chi connectivity index (χ1n) is 7.61. The van der Waals surface area contributed by atoms with E-state index in [-0.39, 0.29) is 0 Å². The van der Waals surface area contributed by atoms with Gasteiger partial charge in [0.15, 0.2) is 0 Å². The lowest BCUT2D eigenvalue weighted by molar-refractivity contribution is 0.199. The molecule has 4 heteroatoms. The second-order valence-electron chi connectivity index (χ2n) is 5.35. The summed E-state index contributed by atoms with van der Waals surface area (Å²) in [5.74, 6) is 2.51. The largest absolute Gasteiger partial charge is 0.497 e. The summed E-state index contributed by atoms with van der Waals surface area (Å²) >= 11 is 0. The van der Waals surface area contributed by atoms with Crippen molar-refractivity contribution in [3.05, 3.63) is 23.8 Å². The van der Waals surface area contributed by atoms with E-state index in [4.69, 9.17) is 14.2 Å². The zero-order valence-corrected chi connectivity index (χ0v) is 13.8. The Hall–Kier alpha value is -1.26. The lowest BCUT2D eigenvalue weighted by atomic mass is 9.97. The zero-order valence-electron chi connectivity index (χ0n) is 13.8. The highest BCUT2D eigenvalue weighted by molar-refractivity contribution is 5.40. The van der Waals surface area contributed by atoms with Crippen LogP contribution in [0.25, 0.3) is 0 Å². The van der Waals surface area contributed by atoms with Gasteiger partial charge in [0.25, 0.3) is 0 Å². The van der Waals surface area contributed by atoms with Gasteiger partial charge in [0.05, 0.1) is 20.8 Å². The molecular formula is C17H29NO3. The van der Waals surface area contributed by atoms with E-state index >= 15 is 0 Å². The lowest BCUT2D eigenvalue weighted by Gasteiger charge is -2.14. The van der Waals surface area contributed by atoms with Crippen LogP contribution in [0.15, 0.2) is 18.2 Å². The van der Waals surface area contributed by atoms with E-state index in [1.165, 1.54) is 12.0 Å². The van der Waals surface area contributed by atoms with Crippen LogP contribution in [0, 0.1) is 5.92 Å². The van der Waals surface area contributed by atoms with E-state index in [9.17, 15) is 0 Å². The van der Waals surface area contributed by atoms with E-state index in [0.29, 0.717) is 5.92 Å². The number of aryl methyl sites for hydroxylation is 1. The second-order valence-corrected chi connectivity index (χ2v) is 5.35. The molecule has 4 nitrogen and oxygen atoms in total. The summed E-state index contributed by atoms with van der Waals surface area (Å²) in [6, 6.07) is 5.99. The molecule has 21 heavy (non-hydrogen) atoms. The summed E-state index contributed by atoms with van der Waals surface area (Å²) < 4.78 is 15.7. The molecule has 0 fully saturated rings. The predicted molar refractivity (Wildman–Crippen MR) is 86.4 cm³/mol. The quantitative estimate of drug-likeness (QED) is 0.637. The number of nitrogens with one attached hydrogen (secondary N) is 1. The molecule has 0 bridgehead atoms. The third-order valence-corrected chi connectivity index (χ3v) is 3.69. The van der Waals surface area contributed by atoms with Crippen molar-refractivity contribution in [2.45, 2.75) is 26.2 Å². The molecule has 0 aliphatic carbocycles. The fourth-order valence-electron chi connectivity index (χ4n) is 2.27. The Labute approximate surface area is 128 Å². The Morgan fingerprint density at radius 1 is 1.05 bits per heavy atom. The SMILES string of the molecule is COCCNCCC(C)CCc1cc(OC)ccc1OC. The van der Waals surface area contributed by atoms with Crippen molar-refractivity contribution in [2.75, 3.05) is 41.0 Å². The van der Waals surface area contributed by atoms with E-state index in [1.54, 1.807) is 21.3 Å². The zero-order chi connectivity index (χ0) is 15.5. The number of methoxy groups -OCH3 is 3. The van der Waals surface area contributed by atoms with Crippen LogP contribution in [-0.2, 0) is 11.2 Å². The molecule has 1 atom stereocenters. The molecule has 0 aliphatic heterocycles. The highest BCUT2D eigenvalue weighted by Crippen LogP contribution is 2.26. The number of hydrogen-bond donors (Lipinski definition) is 1. The monoisotopic (exact) mass is 295 g/mol. The molecule has 0 saturated heterocycles. The molecule has 120 valence electrons. The van der Waals surface area contributed by atoms with Gasteiger partial charge >= 0.3 is 0 Å². The van der Waals surface area contributed by atoms with Crippen LogP contribution in [0.3, 0.4) is 0 Å². The number of ether oxygens (including phenoxy) is 3. The molecule has 0 radical (unpaired) electrons. The summed E-state index contributed by atoms with van der Waals surface area (Å²) in [4.78, 5) is 0. The topological polar surface area (TPSA) is 39.7 Å². The lowest BCUT2D eigenvalue weighted by Crippen LogP contribution is -2.21. The summed E-state index contributed by atoms with van der Waals surface area (Å²) in [6.45, 7) is 5.03. The Balaban J connectivity index is 2.36. The maximum absolute atomic E-state index is 5.42. The van der Waals surface area contributed by atoms with Gasteiger partial charge in [0, 0.05) is 13.7 Å². The first-order valence-corrected chi connectivity index (χ1v) is 7.61. The van der Waals surface area contributed by atoms with E-state index < -0.39 is 0 Å². The minimum absolute atomic E-state index is 0.677. The van der Waals surface area contributed by atoms with Crippen LogP contribution in [0.5, 0.6) is 11.5 Å². The van der Waals surface area contributed by atoms with Gasteiger partial charge in [-0.3, -0.25) is 0 Å². The predicted octanol–water partition coefficient (Wildman–Crippen LogP) is 2.90. The molecule has 0 saturated carbocycles. The maximum Gasteiger partial charge on any atom is 0.122 e. The smallest absolute Gasteiger partial charge is 0.122 e. The van der Waals surface area contributed by atoms with Crippen molar-refractivity contribution in [1.82, 2.24) is 5.32 Å². The maximum atomic E-state index is 5.42. The number of rotatable bonds is 11. The summed E-state index contributed by atoms with van der Waals surface area (Å²) in [5.41, 5.74) is 1.22. The molecular weight excluding hydrogens is 266 g/mol. The van der Waals surface area contributed by atoms with Gasteiger partial charge in [-0.2, -0.15) is 0 Å². The minimum atomic E-state index is 0.677. The average molecular weight is 295 g/mol. The van der Waals surface area contributed by atoms with Crippen LogP contribution in [0.1, 0.15) is 25.3 Å². The molecule has 0 aliphatic rings. The molecule has 1 aromatic carbocycles. The van der Waals surface area contributed by atoms with Crippen molar-refractivity contribution >= 4 is 0 Å². The van der Waals surface area contributed by atoms with Crippen LogP contribution in [0.4, 0.5) is 0 Å². The highest BCUT2D eigenvalue weighted by Gasteiger charge is 2.08. The average Bonchev–Trinajstić information content (AvgIpc) is 2.52. The van der Waals surface area contributed by atoms with E-state index in [1.807, 2.05) is 12.1 Å². The van der Waals surface area contributed by atoms with Gasteiger partial charge in [-0.15, -0.1) is 0 Å². The van der Waals surface area contributed by atoms with Crippen LogP contribution < -0.4 is 14.8 Å². The minimum Gasteiger partial charge on any atom is -0.497 e. The van der Waals surface area contributed by atoms with Crippen molar-refractivity contribution in [2.24, 2.45) is 5.92 Å². The molecule has 1 aromatic rings. The van der Waals surface area contributed by atoms with Gasteiger partial charge < -0.3 is 19.5 Å². The van der Waals surface area contributed by atoms with Gasteiger partial charge in [-0.1, -0.05) is 6.92 Å². The van der Waals surface area contributed by atoms with Crippen molar-refractivity contribution in [3.63, 3.8) is 0 Å². The molecule has 0 heterocycles. The van der Waals surface area contributed by atoms with Gasteiger partial charge in [-0.05, 0) is 55.5 Å². The third-order valence-electron chi connectivity index (χ3n) is 3.69. The Kier molecular flexibility index (Phi) is 8.87. The van der Waals surface area contributed by atoms with E-state index in [2.05, 4.69) is 18.3 Å². The highest BCUT2D eigenvalue weighted by atomic mass is 16.5. The summed E-state index contributed by atoms with van der Waals surface area (Å²) in [7, 11) is 5.14. The first-order chi connectivity index (χ1) is 10.2. The van der Waals surface area contributed by atoms with Crippen LogP contribution >= 0.6 is 0 Å². The van der Waals surface area contributed by atoms with Crippen LogP contribution in [0.2, 0.25) is 0 Å². The van der Waals surface area contributed by atoms with Crippen LogP contribution in [-0.4, -0.2) is 41.0 Å². The third kappa shape index (κ3) is 6.82. The number of hydrogen-bond acceptors (Lipinski definition) is 4. The van der Waals surface area contributed by atoms with Gasteiger partial charge in [0.1, 0.15) is 11.5 Å². The molecule has 1 N–H and O–H groups in total. The molecule has 0 spiro atoms. The molecule has 0 amide bonds. The normalized spacial score (nSPS) is 12.2. The van der Waals surface area contributed by atoms with Crippen molar-refractivity contribution in [3.8, 4) is 11.5 Å².